The third-order valence-electron chi connectivity index (χ3n) is 3.40. The molecule has 0 N–H and O–H groups in total. The second-order valence-corrected chi connectivity index (χ2v) is 4.95. The minimum atomic E-state index is 0.0221. The van der Waals surface area contributed by atoms with E-state index in [0.717, 1.165) is 11.3 Å². The summed E-state index contributed by atoms with van der Waals surface area (Å²) in [7, 11) is 0. The molecule has 2 aromatic carbocycles. The number of hydrogen-bond acceptors (Lipinski definition) is 3. The molecule has 3 rings (SSSR count). The summed E-state index contributed by atoms with van der Waals surface area (Å²) in [4.78, 5) is 12.4. The number of Topliss-reactive ketones (excluding diaryl/α,β-unsaturated/α-hetero) is 1. The van der Waals surface area contributed by atoms with Gasteiger partial charge in [-0.2, -0.15) is 0 Å². The van der Waals surface area contributed by atoms with Crippen LogP contribution in [0.3, 0.4) is 0 Å². The van der Waals surface area contributed by atoms with Crippen LogP contribution >= 0.6 is 0 Å². The van der Waals surface area contributed by atoms with E-state index in [1.165, 1.54) is 0 Å². The van der Waals surface area contributed by atoms with Gasteiger partial charge >= 0.3 is 0 Å². The number of fused-ring (bicyclic) bond motifs is 1. The van der Waals surface area contributed by atoms with Crippen LogP contribution in [-0.4, -0.2) is 19.0 Å². The predicted octanol–water partition coefficient (Wildman–Crippen LogP) is 3.91. The van der Waals surface area contributed by atoms with Crippen LogP contribution < -0.4 is 9.47 Å². The molecule has 1 aliphatic heterocycles. The highest BCUT2D eigenvalue weighted by molar-refractivity contribution is 6.14. The second kappa shape index (κ2) is 6.31. The van der Waals surface area contributed by atoms with Gasteiger partial charge in [0.2, 0.25) is 0 Å². The molecule has 0 bridgehead atoms. The third-order valence-corrected chi connectivity index (χ3v) is 3.40. The fraction of sp³-hybridized carbons (Fsp3) is 0.105. The molecule has 110 valence electrons. The summed E-state index contributed by atoms with van der Waals surface area (Å²) < 4.78 is 11.1. The highest BCUT2D eigenvalue weighted by Crippen LogP contribution is 2.27. The lowest BCUT2D eigenvalue weighted by Gasteiger charge is -2.18. The normalized spacial score (nSPS) is 15.1. The number of ether oxygens (including phenoxy) is 2. The Morgan fingerprint density at radius 1 is 1.14 bits per heavy atom. The van der Waals surface area contributed by atoms with Crippen molar-refractivity contribution >= 4 is 11.9 Å². The van der Waals surface area contributed by atoms with Gasteiger partial charge in [-0.1, -0.05) is 36.9 Å². The number of carbonyl (C=O) groups is 1. The van der Waals surface area contributed by atoms with Crippen LogP contribution in [0.25, 0.3) is 6.08 Å². The molecule has 3 nitrogen and oxygen atoms in total. The molecule has 3 heteroatoms. The highest BCUT2D eigenvalue weighted by atomic mass is 16.5. The number of para-hydroxylation sites is 1. The van der Waals surface area contributed by atoms with E-state index >= 15 is 0 Å². The first-order valence-corrected chi connectivity index (χ1v) is 7.09. The van der Waals surface area contributed by atoms with Gasteiger partial charge in [0.15, 0.2) is 5.78 Å². The quantitative estimate of drug-likeness (QED) is 0.633. The average molecular weight is 292 g/mol. The number of rotatable bonds is 4. The Labute approximate surface area is 129 Å². The lowest BCUT2D eigenvalue weighted by molar-refractivity contribution is 0.100. The number of hydrogen-bond donors (Lipinski definition) is 0. The first kappa shape index (κ1) is 14.1. The molecule has 0 amide bonds. The summed E-state index contributed by atoms with van der Waals surface area (Å²) >= 11 is 0. The van der Waals surface area contributed by atoms with Gasteiger partial charge in [0.05, 0.1) is 5.56 Å². The summed E-state index contributed by atoms with van der Waals surface area (Å²) in [6, 6.07) is 14.9. The Morgan fingerprint density at radius 2 is 1.91 bits per heavy atom. The van der Waals surface area contributed by atoms with E-state index in [9.17, 15) is 4.79 Å². The minimum Gasteiger partial charge on any atom is -0.490 e. The summed E-state index contributed by atoms with van der Waals surface area (Å²) in [5.74, 6) is 1.45. The summed E-state index contributed by atoms with van der Waals surface area (Å²) in [5, 5.41) is 0. The minimum absolute atomic E-state index is 0.0221. The van der Waals surface area contributed by atoms with Crippen molar-refractivity contribution in [2.24, 2.45) is 0 Å². The zero-order chi connectivity index (χ0) is 15.4. The van der Waals surface area contributed by atoms with E-state index in [4.69, 9.17) is 9.47 Å². The number of benzene rings is 2. The van der Waals surface area contributed by atoms with E-state index in [0.29, 0.717) is 30.1 Å². The molecule has 0 radical (unpaired) electrons. The molecule has 1 aliphatic rings. The molecule has 22 heavy (non-hydrogen) atoms. The van der Waals surface area contributed by atoms with Gasteiger partial charge in [0.1, 0.15) is 24.7 Å². The Morgan fingerprint density at radius 3 is 2.68 bits per heavy atom. The van der Waals surface area contributed by atoms with Crippen LogP contribution in [0.1, 0.15) is 15.9 Å². The predicted molar refractivity (Wildman–Crippen MR) is 86.4 cm³/mol. The van der Waals surface area contributed by atoms with Crippen LogP contribution in [0.15, 0.2) is 66.8 Å². The monoisotopic (exact) mass is 292 g/mol. The number of carbonyl (C=O) groups excluding carboxylic acids is 1. The van der Waals surface area contributed by atoms with E-state index < -0.39 is 0 Å². The van der Waals surface area contributed by atoms with Crippen LogP contribution in [0.5, 0.6) is 11.5 Å². The van der Waals surface area contributed by atoms with Gasteiger partial charge in [-0.05, 0) is 35.9 Å². The van der Waals surface area contributed by atoms with Crippen LogP contribution in [0.2, 0.25) is 0 Å². The van der Waals surface area contributed by atoms with Crippen molar-refractivity contribution in [2.75, 3.05) is 13.2 Å². The van der Waals surface area contributed by atoms with Crippen molar-refractivity contribution in [3.8, 4) is 11.5 Å². The molecule has 2 aromatic rings. The lowest BCUT2D eigenvalue weighted by Crippen LogP contribution is -2.18. The molecule has 0 saturated carbocycles. The smallest absolute Gasteiger partial charge is 0.196 e. The van der Waals surface area contributed by atoms with Gasteiger partial charge in [-0.3, -0.25) is 4.79 Å². The zero-order valence-electron chi connectivity index (χ0n) is 12.1. The van der Waals surface area contributed by atoms with E-state index in [-0.39, 0.29) is 5.78 Å². The summed E-state index contributed by atoms with van der Waals surface area (Å²) in [6.07, 6.45) is 3.56. The fourth-order valence-corrected chi connectivity index (χ4v) is 2.30. The molecule has 0 fully saturated rings. The lowest BCUT2D eigenvalue weighted by atomic mass is 9.98. The molecule has 0 aromatic heterocycles. The van der Waals surface area contributed by atoms with E-state index in [2.05, 4.69) is 6.58 Å². The molecule has 1 heterocycles. The van der Waals surface area contributed by atoms with Crippen molar-refractivity contribution in [3.63, 3.8) is 0 Å². The molecule has 0 atom stereocenters. The first-order valence-electron chi connectivity index (χ1n) is 7.09. The molecular formula is C19H16O3. The van der Waals surface area contributed by atoms with Crippen molar-refractivity contribution in [2.45, 2.75) is 0 Å². The van der Waals surface area contributed by atoms with Crippen molar-refractivity contribution in [1.82, 2.24) is 0 Å². The molecular weight excluding hydrogens is 276 g/mol. The van der Waals surface area contributed by atoms with Gasteiger partial charge < -0.3 is 9.47 Å². The maximum absolute atomic E-state index is 12.4. The second-order valence-electron chi connectivity index (χ2n) is 4.95. The van der Waals surface area contributed by atoms with Crippen molar-refractivity contribution in [1.29, 1.82) is 0 Å². The largest absolute Gasteiger partial charge is 0.490 e. The van der Waals surface area contributed by atoms with Gasteiger partial charge in [-0.15, -0.1) is 0 Å². The van der Waals surface area contributed by atoms with Crippen molar-refractivity contribution < 1.29 is 14.3 Å². The van der Waals surface area contributed by atoms with E-state index in [1.54, 1.807) is 12.1 Å². The summed E-state index contributed by atoms with van der Waals surface area (Å²) in [6.45, 7) is 4.38. The van der Waals surface area contributed by atoms with Gasteiger partial charge in [0, 0.05) is 5.57 Å². The molecule has 0 aliphatic carbocycles. The van der Waals surface area contributed by atoms with Gasteiger partial charge in [0.25, 0.3) is 0 Å². The topological polar surface area (TPSA) is 35.5 Å². The Bertz CT molecular complexity index is 727. The molecule has 0 unspecified atom stereocenters. The van der Waals surface area contributed by atoms with Crippen molar-refractivity contribution in [3.05, 3.63) is 77.9 Å². The highest BCUT2D eigenvalue weighted by Gasteiger charge is 2.22. The SMILES string of the molecule is C=CCOc1ccc(C=C2COc3ccccc3C2=O)cc1. The third kappa shape index (κ3) is 2.93. The molecule has 0 spiro atoms. The van der Waals surface area contributed by atoms with Crippen LogP contribution in [0.4, 0.5) is 0 Å². The average Bonchev–Trinajstić information content (AvgIpc) is 2.57. The Kier molecular flexibility index (Phi) is 4.05. The van der Waals surface area contributed by atoms with Gasteiger partial charge in [-0.25, -0.2) is 0 Å². The summed E-state index contributed by atoms with van der Waals surface area (Å²) in [5.41, 5.74) is 2.21. The Balaban J connectivity index is 1.81. The maximum Gasteiger partial charge on any atom is 0.196 e. The standard InChI is InChI=1S/C19H16O3/c1-2-11-21-16-9-7-14(8-10-16)12-15-13-22-18-6-4-3-5-17(18)19(15)20/h2-10,12H,1,11,13H2. The maximum atomic E-state index is 12.4. The first-order chi connectivity index (χ1) is 10.8. The zero-order valence-corrected chi connectivity index (χ0v) is 12.1. The number of ketones is 1. The van der Waals surface area contributed by atoms with Crippen LogP contribution in [-0.2, 0) is 0 Å². The molecule has 0 saturated heterocycles. The Hall–Kier alpha value is -2.81. The fourth-order valence-electron chi connectivity index (χ4n) is 2.30. The van der Waals surface area contributed by atoms with E-state index in [1.807, 2.05) is 48.5 Å². The van der Waals surface area contributed by atoms with Crippen LogP contribution in [0, 0.1) is 0 Å².